The van der Waals surface area contributed by atoms with E-state index in [4.69, 9.17) is 0 Å². The van der Waals surface area contributed by atoms with Gasteiger partial charge in [0, 0.05) is 51.1 Å². The third-order valence-electron chi connectivity index (χ3n) is 4.56. The Bertz CT molecular complexity index is 954. The summed E-state index contributed by atoms with van der Waals surface area (Å²) in [5, 5.41) is 8.45. The Labute approximate surface area is 138 Å². The van der Waals surface area contributed by atoms with E-state index in [0.717, 1.165) is 35.9 Å². The van der Waals surface area contributed by atoms with Gasteiger partial charge in [-0.15, -0.1) is 0 Å². The van der Waals surface area contributed by atoms with Gasteiger partial charge in [-0.25, -0.2) is 9.67 Å². The molecule has 1 aliphatic heterocycles. The molecule has 1 fully saturated rings. The molecule has 0 saturated carbocycles. The molecular formula is C16H19N7O. The highest BCUT2D eigenvalue weighted by atomic mass is 16.1. The Kier molecular flexibility index (Phi) is 3.26. The van der Waals surface area contributed by atoms with Crippen LogP contribution in [-0.2, 0) is 7.05 Å². The number of aromatic nitrogens is 5. The zero-order valence-electron chi connectivity index (χ0n) is 13.9. The molecule has 0 N–H and O–H groups in total. The fourth-order valence-electron chi connectivity index (χ4n) is 3.00. The number of hydrogen-bond donors (Lipinski definition) is 0. The fraction of sp³-hybridized carbons (Fsp3) is 0.375. The summed E-state index contributed by atoms with van der Waals surface area (Å²) in [5.74, 6) is 1.02. The minimum absolute atomic E-state index is 0.0905. The van der Waals surface area contributed by atoms with Crippen molar-refractivity contribution in [3.05, 3.63) is 46.6 Å². The third-order valence-corrected chi connectivity index (χ3v) is 4.56. The van der Waals surface area contributed by atoms with Gasteiger partial charge in [-0.2, -0.15) is 14.7 Å². The molecule has 1 aliphatic rings. The number of anilines is 2. The van der Waals surface area contributed by atoms with Crippen LogP contribution in [0.25, 0.3) is 5.65 Å². The first-order valence-electron chi connectivity index (χ1n) is 7.85. The van der Waals surface area contributed by atoms with Gasteiger partial charge >= 0.3 is 0 Å². The number of nitrogens with zero attached hydrogens (tertiary/aromatic N) is 7. The molecule has 0 aliphatic carbocycles. The van der Waals surface area contributed by atoms with Crippen LogP contribution in [0.1, 0.15) is 5.69 Å². The highest BCUT2D eigenvalue weighted by Gasteiger charge is 2.32. The van der Waals surface area contributed by atoms with Gasteiger partial charge in [0.2, 0.25) is 0 Å². The molecule has 3 aromatic rings. The smallest absolute Gasteiger partial charge is 0.268 e. The third kappa shape index (κ3) is 2.31. The molecule has 0 aromatic carbocycles. The minimum Gasteiger partial charge on any atom is -0.366 e. The lowest BCUT2D eigenvalue weighted by Crippen LogP contribution is -2.59. The zero-order chi connectivity index (χ0) is 16.8. The van der Waals surface area contributed by atoms with Crippen LogP contribution in [-0.4, -0.2) is 50.6 Å². The molecule has 4 rings (SSSR count). The normalized spacial score (nSPS) is 14.9. The molecule has 3 aromatic heterocycles. The predicted octanol–water partition coefficient (Wildman–Crippen LogP) is 0.456. The molecular weight excluding hydrogens is 306 g/mol. The Balaban J connectivity index is 1.54. The summed E-state index contributed by atoms with van der Waals surface area (Å²) in [6, 6.07) is 5.93. The van der Waals surface area contributed by atoms with Crippen molar-refractivity contribution in [2.45, 2.75) is 13.0 Å². The number of hydrogen-bond acceptors (Lipinski definition) is 6. The predicted molar refractivity (Wildman–Crippen MR) is 91.6 cm³/mol. The summed E-state index contributed by atoms with van der Waals surface area (Å²) in [6.07, 6.45) is 3.50. The molecule has 24 heavy (non-hydrogen) atoms. The van der Waals surface area contributed by atoms with Crippen molar-refractivity contribution in [2.75, 3.05) is 29.9 Å². The molecule has 0 unspecified atom stereocenters. The van der Waals surface area contributed by atoms with E-state index in [1.165, 1.54) is 4.68 Å². The van der Waals surface area contributed by atoms with Crippen molar-refractivity contribution in [1.29, 1.82) is 0 Å². The maximum Gasteiger partial charge on any atom is 0.268 e. The number of fused-ring (bicyclic) bond motifs is 1. The van der Waals surface area contributed by atoms with Crippen LogP contribution >= 0.6 is 0 Å². The van der Waals surface area contributed by atoms with Crippen LogP contribution in [0.15, 0.2) is 35.4 Å². The van der Waals surface area contributed by atoms with Gasteiger partial charge in [0.1, 0.15) is 5.82 Å². The molecule has 4 heterocycles. The largest absolute Gasteiger partial charge is 0.366 e. The van der Waals surface area contributed by atoms with Gasteiger partial charge in [0.15, 0.2) is 5.65 Å². The summed E-state index contributed by atoms with van der Waals surface area (Å²) in [4.78, 5) is 20.6. The van der Waals surface area contributed by atoms with Crippen molar-refractivity contribution >= 4 is 17.2 Å². The van der Waals surface area contributed by atoms with Crippen molar-refractivity contribution in [2.24, 2.45) is 7.05 Å². The Morgan fingerprint density at radius 3 is 2.79 bits per heavy atom. The first-order valence-corrected chi connectivity index (χ1v) is 7.85. The van der Waals surface area contributed by atoms with Gasteiger partial charge in [-0.1, -0.05) is 0 Å². The standard InChI is InChI=1S/C16H19N7O/c1-11-6-15(23-14(19-11)4-5-17-23)20(2)13-9-22(10-13)12-7-16(24)21(3)18-8-12/h4-8,13H,9-10H2,1-3H3. The van der Waals surface area contributed by atoms with Crippen molar-refractivity contribution in [1.82, 2.24) is 24.4 Å². The summed E-state index contributed by atoms with van der Waals surface area (Å²) in [5.41, 5.74) is 2.60. The number of aryl methyl sites for hydroxylation is 2. The second-order valence-corrected chi connectivity index (χ2v) is 6.20. The van der Waals surface area contributed by atoms with E-state index in [2.05, 4.69) is 32.0 Å². The second kappa shape index (κ2) is 5.33. The molecule has 124 valence electrons. The first-order chi connectivity index (χ1) is 11.5. The SMILES string of the molecule is Cc1cc(N(C)C2CN(c3cnn(C)c(=O)c3)C2)n2nccc2n1. The van der Waals surface area contributed by atoms with E-state index in [1.54, 1.807) is 25.5 Å². The van der Waals surface area contributed by atoms with E-state index >= 15 is 0 Å². The average Bonchev–Trinajstić information content (AvgIpc) is 2.96. The van der Waals surface area contributed by atoms with Crippen LogP contribution in [0.2, 0.25) is 0 Å². The number of likely N-dealkylation sites (N-methyl/N-ethyl adjacent to an activating group) is 1. The molecule has 0 bridgehead atoms. The van der Waals surface area contributed by atoms with E-state index in [1.807, 2.05) is 23.6 Å². The maximum atomic E-state index is 11.7. The van der Waals surface area contributed by atoms with Crippen LogP contribution in [0, 0.1) is 6.92 Å². The van der Waals surface area contributed by atoms with Crippen molar-refractivity contribution in [3.8, 4) is 0 Å². The first kappa shape index (κ1) is 14.7. The lowest BCUT2D eigenvalue weighted by atomic mass is 10.1. The zero-order valence-corrected chi connectivity index (χ0v) is 13.9. The highest BCUT2D eigenvalue weighted by molar-refractivity contribution is 5.54. The van der Waals surface area contributed by atoms with E-state index < -0.39 is 0 Å². The molecule has 0 spiro atoms. The van der Waals surface area contributed by atoms with Gasteiger partial charge in [0.25, 0.3) is 5.56 Å². The molecule has 8 heteroatoms. The summed E-state index contributed by atoms with van der Waals surface area (Å²) in [7, 11) is 3.72. The van der Waals surface area contributed by atoms with Crippen LogP contribution in [0.5, 0.6) is 0 Å². The molecule has 0 atom stereocenters. The Morgan fingerprint density at radius 2 is 2.04 bits per heavy atom. The molecule has 1 saturated heterocycles. The van der Waals surface area contributed by atoms with Crippen LogP contribution in [0.4, 0.5) is 11.5 Å². The highest BCUT2D eigenvalue weighted by Crippen LogP contribution is 2.25. The molecule has 0 amide bonds. The van der Waals surface area contributed by atoms with Gasteiger partial charge < -0.3 is 9.80 Å². The maximum absolute atomic E-state index is 11.7. The van der Waals surface area contributed by atoms with Gasteiger partial charge in [-0.3, -0.25) is 4.79 Å². The Morgan fingerprint density at radius 1 is 1.25 bits per heavy atom. The van der Waals surface area contributed by atoms with E-state index in [-0.39, 0.29) is 5.56 Å². The number of rotatable bonds is 3. The monoisotopic (exact) mass is 325 g/mol. The van der Waals surface area contributed by atoms with Crippen LogP contribution < -0.4 is 15.4 Å². The second-order valence-electron chi connectivity index (χ2n) is 6.20. The van der Waals surface area contributed by atoms with Crippen LogP contribution in [0.3, 0.4) is 0 Å². The lowest BCUT2D eigenvalue weighted by molar-refractivity contribution is 0.489. The minimum atomic E-state index is -0.0905. The van der Waals surface area contributed by atoms with Crippen molar-refractivity contribution < 1.29 is 0 Å². The summed E-state index contributed by atoms with van der Waals surface area (Å²) >= 11 is 0. The quantitative estimate of drug-likeness (QED) is 0.696. The van der Waals surface area contributed by atoms with E-state index in [0.29, 0.717) is 6.04 Å². The summed E-state index contributed by atoms with van der Waals surface area (Å²) < 4.78 is 3.19. The Hall–Kier alpha value is -2.90. The average molecular weight is 325 g/mol. The lowest BCUT2D eigenvalue weighted by Gasteiger charge is -2.45. The van der Waals surface area contributed by atoms with E-state index in [9.17, 15) is 4.79 Å². The van der Waals surface area contributed by atoms with Crippen molar-refractivity contribution in [3.63, 3.8) is 0 Å². The fourth-order valence-corrected chi connectivity index (χ4v) is 3.00. The molecule has 8 nitrogen and oxygen atoms in total. The summed E-state index contributed by atoms with van der Waals surface area (Å²) in [6.45, 7) is 3.67. The van der Waals surface area contributed by atoms with Gasteiger partial charge in [0.05, 0.1) is 24.1 Å². The van der Waals surface area contributed by atoms with Gasteiger partial charge in [-0.05, 0) is 6.92 Å². The topological polar surface area (TPSA) is 71.6 Å². The molecule has 0 radical (unpaired) electrons.